The zero-order chi connectivity index (χ0) is 25.6. The van der Waals surface area contributed by atoms with E-state index in [0.717, 1.165) is 5.56 Å². The molecule has 184 valence electrons. The standard InChI is InChI=1S/C28H21ClFN5O2/c29-22-9-5-4-8-20(22)16-24(36)34-28-25(26(35-37-28)19-10-12-21(30)13-11-19)27-31-15-14-23(33-27)32-17-18-6-2-1-3-7-18/h1-15H,16-17H2,(H,34,36)(H,31,32,33). The zero-order valence-corrected chi connectivity index (χ0v) is 20.2. The molecule has 7 nitrogen and oxygen atoms in total. The van der Waals surface area contributed by atoms with E-state index in [4.69, 9.17) is 16.1 Å². The number of anilines is 2. The summed E-state index contributed by atoms with van der Waals surface area (Å²) in [7, 11) is 0. The maximum absolute atomic E-state index is 13.6. The van der Waals surface area contributed by atoms with E-state index < -0.39 is 0 Å². The number of aromatic nitrogens is 3. The highest BCUT2D eigenvalue weighted by molar-refractivity contribution is 6.31. The SMILES string of the molecule is O=C(Cc1ccccc1Cl)Nc1onc(-c2ccc(F)cc2)c1-c1nccc(NCc2ccccc2)n1. The van der Waals surface area contributed by atoms with E-state index in [2.05, 4.69) is 25.8 Å². The first-order valence-corrected chi connectivity index (χ1v) is 11.8. The van der Waals surface area contributed by atoms with Crippen molar-refractivity contribution in [3.8, 4) is 22.6 Å². The third kappa shape index (κ3) is 5.82. The summed E-state index contributed by atoms with van der Waals surface area (Å²) < 4.78 is 19.1. The Morgan fingerprint density at radius 3 is 2.49 bits per heavy atom. The van der Waals surface area contributed by atoms with Gasteiger partial charge in [0.05, 0.1) is 6.42 Å². The summed E-state index contributed by atoms with van der Waals surface area (Å²) >= 11 is 6.21. The van der Waals surface area contributed by atoms with Crippen molar-refractivity contribution < 1.29 is 13.7 Å². The van der Waals surface area contributed by atoms with Crippen LogP contribution in [0.25, 0.3) is 22.6 Å². The van der Waals surface area contributed by atoms with E-state index in [-0.39, 0.29) is 29.9 Å². The molecule has 9 heteroatoms. The van der Waals surface area contributed by atoms with Gasteiger partial charge in [0, 0.05) is 23.3 Å². The maximum atomic E-state index is 13.6. The Kier molecular flexibility index (Phi) is 7.19. The number of nitrogens with zero attached hydrogens (tertiary/aromatic N) is 3. The van der Waals surface area contributed by atoms with Crippen molar-refractivity contribution in [1.29, 1.82) is 0 Å². The average molecular weight is 514 g/mol. The van der Waals surface area contributed by atoms with Crippen molar-refractivity contribution in [2.24, 2.45) is 0 Å². The smallest absolute Gasteiger partial charge is 0.243 e. The summed E-state index contributed by atoms with van der Waals surface area (Å²) in [6, 6.07) is 24.5. The fraction of sp³-hybridized carbons (Fsp3) is 0.0714. The van der Waals surface area contributed by atoms with E-state index >= 15 is 0 Å². The van der Waals surface area contributed by atoms with Gasteiger partial charge in [-0.2, -0.15) is 0 Å². The second-order valence-corrected chi connectivity index (χ2v) is 8.57. The van der Waals surface area contributed by atoms with Gasteiger partial charge in [-0.3, -0.25) is 10.1 Å². The number of carbonyl (C=O) groups is 1. The average Bonchev–Trinajstić information content (AvgIpc) is 3.33. The van der Waals surface area contributed by atoms with Gasteiger partial charge >= 0.3 is 0 Å². The predicted octanol–water partition coefficient (Wildman–Crippen LogP) is 6.38. The summed E-state index contributed by atoms with van der Waals surface area (Å²) in [6.45, 7) is 0.563. The first-order valence-electron chi connectivity index (χ1n) is 11.5. The summed E-state index contributed by atoms with van der Waals surface area (Å²) in [5, 5.41) is 10.7. The Balaban J connectivity index is 1.47. The molecule has 0 saturated carbocycles. The molecule has 0 saturated heterocycles. The number of amides is 1. The van der Waals surface area contributed by atoms with Gasteiger partial charge < -0.3 is 9.84 Å². The Labute approximate surface area is 217 Å². The van der Waals surface area contributed by atoms with E-state index in [0.29, 0.717) is 39.8 Å². The molecule has 0 spiro atoms. The predicted molar refractivity (Wildman–Crippen MR) is 140 cm³/mol. The molecule has 0 bridgehead atoms. The second-order valence-electron chi connectivity index (χ2n) is 8.16. The molecule has 0 atom stereocenters. The quantitative estimate of drug-likeness (QED) is 0.250. The molecule has 0 aliphatic carbocycles. The summed E-state index contributed by atoms with van der Waals surface area (Å²) in [6.07, 6.45) is 1.64. The molecule has 2 N–H and O–H groups in total. The molecule has 0 aliphatic heterocycles. The van der Waals surface area contributed by atoms with Crippen LogP contribution in [0.4, 0.5) is 16.1 Å². The largest absolute Gasteiger partial charge is 0.366 e. The van der Waals surface area contributed by atoms with Gasteiger partial charge in [0.1, 0.15) is 22.9 Å². The van der Waals surface area contributed by atoms with Crippen LogP contribution in [0.2, 0.25) is 5.02 Å². The highest BCUT2D eigenvalue weighted by atomic mass is 35.5. The van der Waals surface area contributed by atoms with Crippen molar-refractivity contribution in [2.45, 2.75) is 13.0 Å². The van der Waals surface area contributed by atoms with E-state index in [9.17, 15) is 9.18 Å². The van der Waals surface area contributed by atoms with Crippen LogP contribution in [-0.4, -0.2) is 21.0 Å². The molecule has 0 aliphatic rings. The zero-order valence-electron chi connectivity index (χ0n) is 19.5. The van der Waals surface area contributed by atoms with Crippen LogP contribution in [-0.2, 0) is 17.8 Å². The topological polar surface area (TPSA) is 92.9 Å². The van der Waals surface area contributed by atoms with Crippen LogP contribution in [0, 0.1) is 5.82 Å². The number of hydrogen-bond donors (Lipinski definition) is 2. The van der Waals surface area contributed by atoms with E-state index in [1.807, 2.05) is 36.4 Å². The third-order valence-electron chi connectivity index (χ3n) is 5.57. The molecule has 5 rings (SSSR count). The number of hydrogen-bond acceptors (Lipinski definition) is 6. The van der Waals surface area contributed by atoms with Crippen LogP contribution in [0.3, 0.4) is 0 Å². The second kappa shape index (κ2) is 11.0. The molecule has 1 amide bonds. The monoisotopic (exact) mass is 513 g/mol. The van der Waals surface area contributed by atoms with Gasteiger partial charge in [0.25, 0.3) is 0 Å². The van der Waals surface area contributed by atoms with Gasteiger partial charge in [0.2, 0.25) is 11.8 Å². The van der Waals surface area contributed by atoms with E-state index in [1.54, 1.807) is 42.6 Å². The minimum atomic E-state index is -0.384. The normalized spacial score (nSPS) is 10.8. The van der Waals surface area contributed by atoms with Gasteiger partial charge in [-0.15, -0.1) is 0 Å². The van der Waals surface area contributed by atoms with Crippen molar-refractivity contribution in [1.82, 2.24) is 15.1 Å². The number of carbonyl (C=O) groups excluding carboxylic acids is 1. The molecular weight excluding hydrogens is 493 g/mol. The first-order chi connectivity index (χ1) is 18.1. The molecule has 3 aromatic carbocycles. The van der Waals surface area contributed by atoms with Crippen LogP contribution < -0.4 is 10.6 Å². The minimum Gasteiger partial charge on any atom is -0.366 e. The molecule has 0 radical (unpaired) electrons. The fourth-order valence-electron chi connectivity index (χ4n) is 3.74. The van der Waals surface area contributed by atoms with Gasteiger partial charge in [-0.25, -0.2) is 14.4 Å². The third-order valence-corrected chi connectivity index (χ3v) is 5.94. The highest BCUT2D eigenvalue weighted by Crippen LogP contribution is 2.36. The summed E-state index contributed by atoms with van der Waals surface area (Å²) in [4.78, 5) is 21.9. The maximum Gasteiger partial charge on any atom is 0.243 e. The number of benzene rings is 3. The number of halogens is 2. The Morgan fingerprint density at radius 2 is 1.70 bits per heavy atom. The summed E-state index contributed by atoms with van der Waals surface area (Å²) in [5.74, 6) is 0.205. The highest BCUT2D eigenvalue weighted by Gasteiger charge is 2.24. The molecular formula is C28H21ClFN5O2. The minimum absolute atomic E-state index is 0.0330. The molecule has 0 unspecified atom stereocenters. The Morgan fingerprint density at radius 1 is 0.946 bits per heavy atom. The van der Waals surface area contributed by atoms with Gasteiger partial charge in [-0.1, -0.05) is 65.3 Å². The first kappa shape index (κ1) is 24.1. The van der Waals surface area contributed by atoms with Crippen LogP contribution in [0.15, 0.2) is 95.6 Å². The lowest BCUT2D eigenvalue weighted by Gasteiger charge is -2.09. The lowest BCUT2D eigenvalue weighted by molar-refractivity contribution is -0.115. The van der Waals surface area contributed by atoms with Crippen molar-refractivity contribution >= 4 is 29.2 Å². The molecule has 37 heavy (non-hydrogen) atoms. The lowest BCUT2D eigenvalue weighted by atomic mass is 10.1. The molecule has 2 aromatic heterocycles. The van der Waals surface area contributed by atoms with Gasteiger partial charge in [0.15, 0.2) is 5.82 Å². The fourth-order valence-corrected chi connectivity index (χ4v) is 3.94. The number of rotatable bonds is 8. The summed E-state index contributed by atoms with van der Waals surface area (Å²) in [5.41, 5.74) is 3.09. The van der Waals surface area contributed by atoms with E-state index in [1.165, 1.54) is 12.1 Å². The van der Waals surface area contributed by atoms with Crippen LogP contribution >= 0.6 is 11.6 Å². The number of nitrogens with one attached hydrogen (secondary N) is 2. The van der Waals surface area contributed by atoms with Crippen molar-refractivity contribution in [3.05, 3.63) is 113 Å². The van der Waals surface area contributed by atoms with Crippen molar-refractivity contribution in [3.63, 3.8) is 0 Å². The molecule has 0 fully saturated rings. The van der Waals surface area contributed by atoms with Gasteiger partial charge in [-0.05, 0) is 47.5 Å². The van der Waals surface area contributed by atoms with Crippen molar-refractivity contribution in [2.75, 3.05) is 10.6 Å². The van der Waals surface area contributed by atoms with Crippen LogP contribution in [0.5, 0.6) is 0 Å². The molecule has 2 heterocycles. The lowest BCUT2D eigenvalue weighted by Crippen LogP contribution is -2.15. The Hall–Kier alpha value is -4.56. The Bertz CT molecular complexity index is 1520. The van der Waals surface area contributed by atoms with Crippen LogP contribution in [0.1, 0.15) is 11.1 Å². The molecule has 5 aromatic rings.